The Bertz CT molecular complexity index is 5880. The predicted octanol–water partition coefficient (Wildman–Crippen LogP) is 17.5. The molecule has 6 unspecified atom stereocenters. The van der Waals surface area contributed by atoms with Gasteiger partial charge in [-0.3, -0.25) is 14.7 Å². The molecule has 3 aliphatic heterocycles. The number of aromatic amines is 3. The molecule has 28 nitrogen and oxygen atoms in total. The number of methoxy groups -OCH3 is 1. The summed E-state index contributed by atoms with van der Waals surface area (Å²) in [6.45, 7) is 5.06. The first-order valence-electron chi connectivity index (χ1n) is 40.4. The fraction of sp³-hybridized carbons (Fsp3) is 0.286. The predicted molar refractivity (Wildman–Crippen MR) is 481 cm³/mol. The molecule has 0 bridgehead atoms. The lowest BCUT2D eigenvalue weighted by Gasteiger charge is -2.35. The van der Waals surface area contributed by atoms with E-state index in [1.54, 1.807) is 124 Å². The first kappa shape index (κ1) is 92.5. The number of carbonyl (C=O) groups is 5. The summed E-state index contributed by atoms with van der Waals surface area (Å²) >= 11 is 36.9. The quantitative estimate of drug-likeness (QED) is 0.0206. The van der Waals surface area contributed by atoms with Gasteiger partial charge < -0.3 is 83.5 Å². The molecule has 3 aromatic heterocycles. The van der Waals surface area contributed by atoms with Gasteiger partial charge in [0.1, 0.15) is 97.4 Å². The van der Waals surface area contributed by atoms with Crippen LogP contribution < -0.4 is 43.8 Å². The maximum absolute atomic E-state index is 13.5. The number of fused-ring (bicyclic) bond motifs is 9. The summed E-state index contributed by atoms with van der Waals surface area (Å²) < 4.78 is 74.5. The van der Waals surface area contributed by atoms with Gasteiger partial charge in [-0.05, 0) is 230 Å². The van der Waals surface area contributed by atoms with Gasteiger partial charge in [0, 0.05) is 113 Å². The number of rotatable bonds is 28. The Morgan fingerprint density at radius 1 is 0.405 bits per heavy atom. The highest BCUT2D eigenvalue weighted by atomic mass is 35.5. The minimum Gasteiger partial charge on any atom is -0.491 e. The number of hydrogen-bond acceptors (Lipinski definition) is 19. The molecule has 0 saturated carbocycles. The first-order chi connectivity index (χ1) is 60.8. The number of ether oxygens (including phenoxy) is 9. The molecule has 662 valence electrons. The highest BCUT2D eigenvalue weighted by molar-refractivity contribution is 7.89. The summed E-state index contributed by atoms with van der Waals surface area (Å²) in [5, 5.41) is 42.1. The largest absolute Gasteiger partial charge is 0.491 e. The van der Waals surface area contributed by atoms with E-state index in [0.717, 1.165) is 83.2 Å². The number of sulfonamides is 1. The number of hydrogen-bond donors (Lipinski definition) is 9. The van der Waals surface area contributed by atoms with E-state index in [1.807, 2.05) is 97.9 Å². The minimum atomic E-state index is -3.41. The van der Waals surface area contributed by atoms with Crippen molar-refractivity contribution in [2.24, 2.45) is 0 Å². The number of halogens is 6. The summed E-state index contributed by atoms with van der Waals surface area (Å²) in [6, 6.07) is 57.3. The third-order valence-corrected chi connectivity index (χ3v) is 23.6. The van der Waals surface area contributed by atoms with Crippen molar-refractivity contribution in [1.82, 2.24) is 45.0 Å². The summed E-state index contributed by atoms with van der Waals surface area (Å²) in [6.07, 6.45) is -3.03. The van der Waals surface area contributed by atoms with Crippen LogP contribution in [0.3, 0.4) is 0 Å². The topological polar surface area (TPSA) is 356 Å². The molecular formula is C91H91Cl6N9O19S. The van der Waals surface area contributed by atoms with Crippen LogP contribution in [-0.2, 0) is 43.5 Å². The molecule has 0 saturated heterocycles. The molecular weight excluding hydrogens is 1770 g/mol. The Hall–Kier alpha value is -11.2. The lowest BCUT2D eigenvalue weighted by molar-refractivity contribution is 0.0842. The van der Waals surface area contributed by atoms with Crippen molar-refractivity contribution in [3.8, 4) is 34.5 Å². The van der Waals surface area contributed by atoms with Gasteiger partial charge in [0.2, 0.25) is 10.0 Å². The summed E-state index contributed by atoms with van der Waals surface area (Å²) in [7, 11) is -1.90. The van der Waals surface area contributed by atoms with Gasteiger partial charge in [-0.2, -0.15) is 0 Å². The van der Waals surface area contributed by atoms with E-state index in [9.17, 15) is 47.7 Å². The molecule has 126 heavy (non-hydrogen) atoms. The average Bonchev–Trinajstić information content (AvgIpc) is 1.59. The molecule has 9 aromatic carbocycles. The number of aliphatic hydroxyl groups excluding tert-OH is 3. The highest BCUT2D eigenvalue weighted by Crippen LogP contribution is 2.44. The Labute approximate surface area is 756 Å². The smallest absolute Gasteiger partial charge is 0.416 e. The van der Waals surface area contributed by atoms with Crippen LogP contribution in [0.4, 0.5) is 24.0 Å². The zero-order valence-electron chi connectivity index (χ0n) is 68.4. The second-order valence-corrected chi connectivity index (χ2v) is 34.2. The normalized spacial score (nSPS) is 15.4. The van der Waals surface area contributed by atoms with Crippen molar-refractivity contribution in [3.05, 3.63) is 281 Å². The van der Waals surface area contributed by atoms with Gasteiger partial charge in [0.05, 0.1) is 32.1 Å². The molecule has 0 spiro atoms. The molecule has 0 aliphatic carbocycles. The van der Waals surface area contributed by atoms with Gasteiger partial charge in [-0.15, -0.1) is 0 Å². The Balaban J connectivity index is 0.000000162. The van der Waals surface area contributed by atoms with E-state index < -0.39 is 76.9 Å². The van der Waals surface area contributed by atoms with E-state index in [1.165, 1.54) is 14.0 Å². The lowest BCUT2D eigenvalue weighted by Crippen LogP contribution is -2.42. The van der Waals surface area contributed by atoms with Gasteiger partial charge in [0.15, 0.2) is 0 Å². The van der Waals surface area contributed by atoms with Gasteiger partial charge >= 0.3 is 30.5 Å². The summed E-state index contributed by atoms with van der Waals surface area (Å²) in [5.74, 6) is 2.63. The third kappa shape index (κ3) is 24.1. The van der Waals surface area contributed by atoms with E-state index in [4.69, 9.17) is 112 Å². The number of H-pyrrole nitrogens is 3. The van der Waals surface area contributed by atoms with E-state index in [2.05, 4.69) is 30.3 Å². The standard InChI is InChI=1S/C31H31Cl2N3O7.C31H31Cl2N3O6.C29H29Cl2N3O6S/c1-40-14-15-41-30(38)34-17-22(37)18-42-23-7-2-19(3-8-23)29-28-25(26-16-21(33)6-11-27(26)35-28)12-13-36(29)31(39)43-24-9-4-20(32)5-10-24;1-2-15-40-30(38)34-17-22(37)18-41-23-8-3-19(4-9-23)29-28-25(26-16-21(33)7-12-27(26)35-28)13-14-36(29)31(39)42-24-10-5-20(32)6-11-24;1-2-41(37,38)32-16-21(35)17-39-22-8-3-18(4-9-22)28-27-24(25-15-20(31)7-12-26(25)33-27)13-14-34(28)29(36)40-23-10-5-19(30)6-11-23/h2-11,16,22,29,35,37H,12-15,17-18H2,1H3,(H,34,38);3-12,16,22,29,35,37H,2,13-15,17-18H2,1H3,(H,34,38);3-12,15,21,28,32-33,35H,2,13-14,16-17H2,1H3. The van der Waals surface area contributed by atoms with Crippen LogP contribution in [0, 0.1) is 0 Å². The average molecular weight is 1860 g/mol. The SMILES string of the molecule is CCCOC(=O)NCC(O)COc1ccc(C2c3[nH]c4ccc(Cl)cc4c3CCN2C(=O)Oc2ccc(Cl)cc2)cc1.CCS(=O)(=O)NCC(O)COc1ccc(C2c3[nH]c4ccc(Cl)cc4c3CCN2C(=O)Oc2ccc(Cl)cc2)cc1.COCCOC(=O)NCC(O)COc1ccc(C2c3[nH]c4ccc(Cl)cc4c3CCN2C(=O)Oc2ccc(Cl)cc2)cc1. The third-order valence-electron chi connectivity index (χ3n) is 20.8. The van der Waals surface area contributed by atoms with Crippen molar-refractivity contribution in [1.29, 1.82) is 0 Å². The molecule has 0 radical (unpaired) electrons. The van der Waals surface area contributed by atoms with Crippen LogP contribution in [0.5, 0.6) is 34.5 Å². The van der Waals surface area contributed by atoms with Crippen LogP contribution in [0.2, 0.25) is 30.1 Å². The molecule has 0 fully saturated rings. The number of aromatic nitrogens is 3. The molecule has 9 N–H and O–H groups in total. The Morgan fingerprint density at radius 2 is 0.698 bits per heavy atom. The highest BCUT2D eigenvalue weighted by Gasteiger charge is 2.40. The van der Waals surface area contributed by atoms with Crippen molar-refractivity contribution in [3.63, 3.8) is 0 Å². The number of alkyl carbamates (subject to hydrolysis) is 2. The minimum absolute atomic E-state index is 0.000569. The molecule has 12 aromatic rings. The van der Waals surface area contributed by atoms with Crippen molar-refractivity contribution >= 4 is 143 Å². The van der Waals surface area contributed by atoms with Gasteiger partial charge in [-0.25, -0.2) is 37.1 Å². The van der Waals surface area contributed by atoms with E-state index in [-0.39, 0.29) is 58.4 Å². The van der Waals surface area contributed by atoms with Crippen LogP contribution in [0.15, 0.2) is 200 Å². The van der Waals surface area contributed by atoms with Gasteiger partial charge in [-0.1, -0.05) is 113 Å². The second kappa shape index (κ2) is 43.4. The number of amides is 5. The number of benzene rings is 9. The maximum Gasteiger partial charge on any atom is 0.416 e. The van der Waals surface area contributed by atoms with Gasteiger partial charge in [0.25, 0.3) is 0 Å². The molecule has 5 amide bonds. The Morgan fingerprint density at radius 3 is 1.00 bits per heavy atom. The molecule has 15 rings (SSSR count). The molecule has 6 atom stereocenters. The van der Waals surface area contributed by atoms with Crippen molar-refractivity contribution in [2.45, 2.75) is 76.0 Å². The maximum atomic E-state index is 13.5. The summed E-state index contributed by atoms with van der Waals surface area (Å²) in [4.78, 5) is 79.2. The van der Waals surface area contributed by atoms with Crippen LogP contribution in [0.1, 0.15) is 88.9 Å². The lowest BCUT2D eigenvalue weighted by atomic mass is 9.92. The number of aliphatic hydroxyl groups is 3. The van der Waals surface area contributed by atoms with Crippen LogP contribution in [0.25, 0.3) is 32.7 Å². The fourth-order valence-electron chi connectivity index (χ4n) is 14.6. The number of carbonyl (C=O) groups excluding carboxylic acids is 5. The molecule has 3 aliphatic rings. The second-order valence-electron chi connectivity index (χ2n) is 29.5. The fourth-order valence-corrected chi connectivity index (χ4v) is 16.2. The summed E-state index contributed by atoms with van der Waals surface area (Å²) in [5.41, 5.74) is 11.2. The number of nitrogens with zero attached hydrogens (tertiary/aromatic N) is 3. The molecule has 35 heteroatoms. The van der Waals surface area contributed by atoms with Crippen molar-refractivity contribution in [2.75, 3.05) is 91.8 Å². The van der Waals surface area contributed by atoms with Crippen LogP contribution in [-0.4, -0.2) is 194 Å². The Kier molecular flexibility index (Phi) is 31.8. The van der Waals surface area contributed by atoms with Crippen molar-refractivity contribution < 1.29 is 90.3 Å². The van der Waals surface area contributed by atoms with E-state index >= 15 is 0 Å². The van der Waals surface area contributed by atoms with Crippen LogP contribution >= 0.6 is 69.6 Å². The molecule has 6 heterocycles. The zero-order valence-corrected chi connectivity index (χ0v) is 73.8. The monoisotopic (exact) mass is 1860 g/mol. The van der Waals surface area contributed by atoms with E-state index in [0.29, 0.717) is 117 Å². The number of nitrogens with one attached hydrogen (secondary N) is 6. The first-order valence-corrected chi connectivity index (χ1v) is 44.3. The zero-order chi connectivity index (χ0) is 89.1.